The number of carbonyl (C=O) groups excluding carboxylic acids is 1. The summed E-state index contributed by atoms with van der Waals surface area (Å²) in [5.74, 6) is 0.711. The van der Waals surface area contributed by atoms with Crippen LogP contribution in [0.2, 0.25) is 0 Å². The van der Waals surface area contributed by atoms with Crippen molar-refractivity contribution in [3.63, 3.8) is 0 Å². The molecule has 202 valence electrons. The topological polar surface area (TPSA) is 77.5 Å². The average molecular weight is 514 g/mol. The van der Waals surface area contributed by atoms with Crippen LogP contribution >= 0.6 is 8.60 Å². The lowest BCUT2D eigenvalue weighted by atomic mass is 10.0. The number of carbonyl (C=O) groups is 1. The Morgan fingerprint density at radius 2 is 1.51 bits per heavy atom. The summed E-state index contributed by atoms with van der Waals surface area (Å²) in [5.41, 5.74) is 1.30. The number of ether oxygens (including phenoxy) is 2. The molecule has 7 nitrogen and oxygen atoms in total. The summed E-state index contributed by atoms with van der Waals surface area (Å²) in [4.78, 5) is 22.7. The molecule has 8 heteroatoms. The van der Waals surface area contributed by atoms with Crippen LogP contribution < -0.4 is 4.74 Å². The fourth-order valence-corrected chi connectivity index (χ4v) is 4.32. The third kappa shape index (κ3) is 18.7. The van der Waals surface area contributed by atoms with E-state index in [1.165, 1.54) is 69.8 Å². The van der Waals surface area contributed by atoms with Crippen LogP contribution in [0.1, 0.15) is 83.1 Å². The van der Waals surface area contributed by atoms with Crippen molar-refractivity contribution < 1.29 is 28.2 Å². The van der Waals surface area contributed by atoms with E-state index in [9.17, 15) is 9.69 Å². The van der Waals surface area contributed by atoms with Gasteiger partial charge in [0.15, 0.2) is 6.10 Å². The first-order chi connectivity index (χ1) is 17.0. The number of hydrogen-bond donors (Lipinski definition) is 1. The number of benzene rings is 1. The molecule has 35 heavy (non-hydrogen) atoms. The van der Waals surface area contributed by atoms with Gasteiger partial charge in [0.05, 0.1) is 13.2 Å². The Hall–Kier alpha value is -1.24. The number of hydrogen-bond acceptors (Lipinski definition) is 7. The van der Waals surface area contributed by atoms with Crippen LogP contribution in [0.4, 0.5) is 0 Å². The lowest BCUT2D eigenvalue weighted by Gasteiger charge is -2.18. The summed E-state index contributed by atoms with van der Waals surface area (Å²) in [6, 6.07) is 8.06. The molecule has 1 rings (SSSR count). The summed E-state index contributed by atoms with van der Waals surface area (Å²) >= 11 is 0. The van der Waals surface area contributed by atoms with E-state index in [-0.39, 0.29) is 13.2 Å². The minimum atomic E-state index is -2.01. The molecule has 0 aliphatic rings. The summed E-state index contributed by atoms with van der Waals surface area (Å²) in [7, 11) is 1.95. The lowest BCUT2D eigenvalue weighted by molar-refractivity contribution is -0.136. The Labute approximate surface area is 214 Å². The largest absolute Gasteiger partial charge is 0.490 e. The molecule has 1 aromatic carbocycles. The van der Waals surface area contributed by atoms with Gasteiger partial charge in [-0.2, -0.15) is 0 Å². The van der Waals surface area contributed by atoms with Crippen LogP contribution in [-0.2, 0) is 25.0 Å². The van der Waals surface area contributed by atoms with E-state index in [2.05, 4.69) is 19.1 Å². The highest BCUT2D eigenvalue weighted by Crippen LogP contribution is 2.33. The van der Waals surface area contributed by atoms with Crippen LogP contribution in [0.5, 0.6) is 5.75 Å². The molecule has 0 aliphatic heterocycles. The van der Waals surface area contributed by atoms with E-state index in [4.69, 9.17) is 18.5 Å². The van der Waals surface area contributed by atoms with Crippen molar-refractivity contribution in [1.29, 1.82) is 0 Å². The highest BCUT2D eigenvalue weighted by Gasteiger charge is 2.16. The molecule has 0 heterocycles. The second-order valence-electron chi connectivity index (χ2n) is 9.26. The summed E-state index contributed by atoms with van der Waals surface area (Å²) < 4.78 is 21.3. The molecular formula is C27H48NO6P. The van der Waals surface area contributed by atoms with E-state index in [1.54, 1.807) is 0 Å². The number of nitrogens with zero attached hydrogens (tertiary/aromatic N) is 1. The van der Waals surface area contributed by atoms with Gasteiger partial charge in [0.2, 0.25) is 0 Å². The first-order valence-electron chi connectivity index (χ1n) is 13.3. The molecule has 0 aromatic heterocycles. The lowest BCUT2D eigenvalue weighted by Crippen LogP contribution is -2.26. The molecule has 0 aliphatic carbocycles. The molecule has 0 saturated carbocycles. The fraction of sp³-hybridized carbons (Fsp3) is 0.741. The second-order valence-corrected chi connectivity index (χ2v) is 10.3. The highest BCUT2D eigenvalue weighted by atomic mass is 31.2. The third-order valence-electron chi connectivity index (χ3n) is 5.75. The van der Waals surface area contributed by atoms with E-state index >= 15 is 0 Å². The van der Waals surface area contributed by atoms with Crippen molar-refractivity contribution >= 4 is 15.1 Å². The third-order valence-corrected chi connectivity index (χ3v) is 6.52. The molecule has 0 amide bonds. The highest BCUT2D eigenvalue weighted by molar-refractivity contribution is 7.40. The normalized spacial score (nSPS) is 13.1. The van der Waals surface area contributed by atoms with Gasteiger partial charge in [-0.3, -0.25) is 4.79 Å². The van der Waals surface area contributed by atoms with Gasteiger partial charge in [-0.15, -0.1) is 0 Å². The summed E-state index contributed by atoms with van der Waals surface area (Å²) in [5, 5.41) is 0. The van der Waals surface area contributed by atoms with Crippen molar-refractivity contribution in [2.75, 3.05) is 40.5 Å². The summed E-state index contributed by atoms with van der Waals surface area (Å²) in [6.07, 6.45) is 14.7. The van der Waals surface area contributed by atoms with Crippen molar-refractivity contribution in [2.45, 2.75) is 90.1 Å². The predicted molar refractivity (Wildman–Crippen MR) is 143 cm³/mol. The zero-order chi connectivity index (χ0) is 25.6. The predicted octanol–water partition coefficient (Wildman–Crippen LogP) is 6.27. The van der Waals surface area contributed by atoms with Gasteiger partial charge in [0.25, 0.3) is 6.47 Å². The first-order valence-corrected chi connectivity index (χ1v) is 14.4. The quantitative estimate of drug-likeness (QED) is 0.0991. The second kappa shape index (κ2) is 22.0. The molecule has 0 saturated heterocycles. The van der Waals surface area contributed by atoms with Gasteiger partial charge in [-0.25, -0.2) is 0 Å². The maximum atomic E-state index is 10.8. The van der Waals surface area contributed by atoms with E-state index in [1.807, 2.05) is 31.1 Å². The number of aryl methyl sites for hydroxylation is 1. The van der Waals surface area contributed by atoms with Crippen LogP contribution in [0.3, 0.4) is 0 Å². The SMILES string of the molecule is CCCCCCCCCCCCc1ccc(OCC(COP(O)OCCCN(C)C)OC=O)cc1. The van der Waals surface area contributed by atoms with Gasteiger partial charge in [-0.1, -0.05) is 76.8 Å². The Kier molecular flexibility index (Phi) is 20.0. The molecular weight excluding hydrogens is 465 g/mol. The van der Waals surface area contributed by atoms with Gasteiger partial charge in [0.1, 0.15) is 12.4 Å². The Bertz CT molecular complexity index is 616. The smallest absolute Gasteiger partial charge is 0.329 e. The van der Waals surface area contributed by atoms with Gasteiger partial charge < -0.3 is 28.3 Å². The minimum absolute atomic E-state index is 0.00540. The van der Waals surface area contributed by atoms with Gasteiger partial charge >= 0.3 is 8.60 Å². The van der Waals surface area contributed by atoms with Crippen molar-refractivity contribution in [3.8, 4) is 5.75 Å². The fourth-order valence-electron chi connectivity index (χ4n) is 3.67. The van der Waals surface area contributed by atoms with Crippen LogP contribution in [0, 0.1) is 0 Å². The van der Waals surface area contributed by atoms with Crippen LogP contribution in [-0.4, -0.2) is 62.8 Å². The molecule has 1 aromatic rings. The zero-order valence-electron chi connectivity index (χ0n) is 22.2. The van der Waals surface area contributed by atoms with E-state index < -0.39 is 14.7 Å². The van der Waals surface area contributed by atoms with E-state index in [0.717, 1.165) is 19.4 Å². The number of rotatable bonds is 24. The van der Waals surface area contributed by atoms with Crippen molar-refractivity contribution in [1.82, 2.24) is 4.90 Å². The zero-order valence-corrected chi connectivity index (χ0v) is 23.1. The Balaban J connectivity index is 2.18. The van der Waals surface area contributed by atoms with Gasteiger partial charge in [-0.05, 0) is 57.6 Å². The Morgan fingerprint density at radius 3 is 2.11 bits per heavy atom. The van der Waals surface area contributed by atoms with Crippen molar-refractivity contribution in [2.24, 2.45) is 0 Å². The van der Waals surface area contributed by atoms with Crippen LogP contribution in [0.15, 0.2) is 24.3 Å². The van der Waals surface area contributed by atoms with Crippen LogP contribution in [0.25, 0.3) is 0 Å². The molecule has 0 spiro atoms. The molecule has 1 N–H and O–H groups in total. The first kappa shape index (κ1) is 31.8. The molecule has 2 unspecified atom stereocenters. The number of unbranched alkanes of at least 4 members (excludes halogenated alkanes) is 9. The molecule has 2 atom stereocenters. The minimum Gasteiger partial charge on any atom is -0.490 e. The molecule has 0 bridgehead atoms. The molecule has 0 radical (unpaired) electrons. The summed E-state index contributed by atoms with van der Waals surface area (Å²) in [6.45, 7) is 4.04. The van der Waals surface area contributed by atoms with E-state index in [0.29, 0.717) is 18.8 Å². The monoisotopic (exact) mass is 513 g/mol. The maximum Gasteiger partial charge on any atom is 0.329 e. The standard InChI is InChI=1S/C27H48NO6P/c1-4-5-6-7-8-9-10-11-12-13-15-25-16-18-26(19-17-25)31-22-27(32-24-29)23-34-35(30)33-21-14-20-28(2)3/h16-19,24,27,30H,4-15,20-23H2,1-3H3. The van der Waals surface area contributed by atoms with Crippen molar-refractivity contribution in [3.05, 3.63) is 29.8 Å². The average Bonchev–Trinajstić information content (AvgIpc) is 2.85. The molecule has 0 fully saturated rings. The van der Waals surface area contributed by atoms with Gasteiger partial charge in [0, 0.05) is 0 Å². The Morgan fingerprint density at radius 1 is 0.886 bits per heavy atom. The maximum absolute atomic E-state index is 10.8.